The second-order valence-electron chi connectivity index (χ2n) is 8.09. The number of carbonyl (C=O) groups is 1. The first-order valence-corrected chi connectivity index (χ1v) is 11.2. The topological polar surface area (TPSA) is 53.9 Å². The number of carbonyl (C=O) groups excluding carboxylic acids is 1. The predicted molar refractivity (Wildman–Crippen MR) is 123 cm³/mol. The van der Waals surface area contributed by atoms with Crippen molar-refractivity contribution in [1.82, 2.24) is 5.01 Å². The third-order valence-corrected chi connectivity index (χ3v) is 6.84. The number of rotatable bonds is 2. The van der Waals surface area contributed by atoms with Crippen LogP contribution < -0.4 is 10.1 Å². The minimum Gasteiger partial charge on any atom is -0.453 e. The summed E-state index contributed by atoms with van der Waals surface area (Å²) in [6.45, 7) is 2.11. The first-order chi connectivity index (χ1) is 15.1. The smallest absolute Gasteiger partial charge is 0.306 e. The Kier molecular flexibility index (Phi) is 4.02. The average Bonchev–Trinajstić information content (AvgIpc) is 3.36. The van der Waals surface area contributed by atoms with E-state index in [4.69, 9.17) is 9.84 Å². The van der Waals surface area contributed by atoms with Crippen LogP contribution in [0.5, 0.6) is 5.75 Å². The summed E-state index contributed by atoms with van der Waals surface area (Å²) < 4.78 is 7.53. The molecule has 0 bridgehead atoms. The number of benzene rings is 3. The van der Waals surface area contributed by atoms with Gasteiger partial charge in [-0.1, -0.05) is 59.3 Å². The minimum absolute atomic E-state index is 0.0987. The molecule has 0 radical (unpaired) electrons. The lowest BCUT2D eigenvalue weighted by Gasteiger charge is -2.44. The van der Waals surface area contributed by atoms with Crippen molar-refractivity contribution in [3.05, 3.63) is 93.5 Å². The number of ether oxygens (including phenoxy) is 1. The fourth-order valence-electron chi connectivity index (χ4n) is 4.79. The predicted octanol–water partition coefficient (Wildman–Crippen LogP) is 5.36. The van der Waals surface area contributed by atoms with E-state index in [1.165, 1.54) is 0 Å². The van der Waals surface area contributed by atoms with Crippen molar-refractivity contribution in [2.45, 2.75) is 31.5 Å². The summed E-state index contributed by atoms with van der Waals surface area (Å²) in [5.74, 6) is 0.520. The van der Waals surface area contributed by atoms with Crippen molar-refractivity contribution < 1.29 is 9.53 Å². The van der Waals surface area contributed by atoms with Crippen LogP contribution in [0.4, 0.5) is 5.69 Å². The number of amides is 1. The highest BCUT2D eigenvalue weighted by molar-refractivity contribution is 9.10. The lowest BCUT2D eigenvalue weighted by Crippen LogP contribution is -2.55. The van der Waals surface area contributed by atoms with Crippen LogP contribution in [0.25, 0.3) is 0 Å². The van der Waals surface area contributed by atoms with Crippen LogP contribution in [0.2, 0.25) is 0 Å². The van der Waals surface area contributed by atoms with Crippen molar-refractivity contribution in [3.63, 3.8) is 0 Å². The highest BCUT2D eigenvalue weighted by Crippen LogP contribution is 2.54. The Bertz CT molecular complexity index is 1260. The number of nitrogens with one attached hydrogen (secondary N) is 1. The maximum Gasteiger partial charge on any atom is 0.306 e. The third-order valence-electron chi connectivity index (χ3n) is 6.34. The second kappa shape index (κ2) is 6.69. The van der Waals surface area contributed by atoms with Gasteiger partial charge in [0, 0.05) is 16.5 Å². The van der Waals surface area contributed by atoms with Gasteiger partial charge in [0.05, 0.1) is 23.0 Å². The summed E-state index contributed by atoms with van der Waals surface area (Å²) in [6.07, 6.45) is 1.58. The number of hydrogen-bond donors (Lipinski definition) is 1. The van der Waals surface area contributed by atoms with E-state index in [0.29, 0.717) is 6.42 Å². The maximum absolute atomic E-state index is 13.5. The quantitative estimate of drug-likeness (QED) is 0.544. The van der Waals surface area contributed by atoms with E-state index in [1.54, 1.807) is 0 Å². The summed E-state index contributed by atoms with van der Waals surface area (Å²) in [5, 5.41) is 9.91. The third kappa shape index (κ3) is 2.61. The van der Waals surface area contributed by atoms with Gasteiger partial charge in [-0.25, -0.2) is 5.01 Å². The molecule has 3 aromatic carbocycles. The number of nitrogens with zero attached hydrogens (tertiary/aromatic N) is 2. The first-order valence-electron chi connectivity index (χ1n) is 10.5. The van der Waals surface area contributed by atoms with E-state index < -0.39 is 5.72 Å². The Labute approximate surface area is 188 Å². The lowest BCUT2D eigenvalue weighted by atomic mass is 9.91. The molecule has 6 rings (SSSR count). The van der Waals surface area contributed by atoms with Crippen LogP contribution in [0.1, 0.15) is 41.6 Å². The molecule has 3 aliphatic heterocycles. The van der Waals surface area contributed by atoms with Gasteiger partial charge in [0.1, 0.15) is 5.75 Å². The molecule has 3 aliphatic rings. The van der Waals surface area contributed by atoms with Gasteiger partial charge >= 0.3 is 5.72 Å². The van der Waals surface area contributed by atoms with Gasteiger partial charge in [0.2, 0.25) is 0 Å². The van der Waals surface area contributed by atoms with Gasteiger partial charge in [0.15, 0.2) is 0 Å². The lowest BCUT2D eigenvalue weighted by molar-refractivity contribution is -0.161. The van der Waals surface area contributed by atoms with Crippen molar-refractivity contribution in [3.8, 4) is 5.75 Å². The zero-order chi connectivity index (χ0) is 21.2. The second-order valence-corrected chi connectivity index (χ2v) is 9.01. The highest BCUT2D eigenvalue weighted by Gasteiger charge is 2.60. The normalized spacial score (nSPS) is 23.0. The molecule has 3 heterocycles. The first kappa shape index (κ1) is 18.6. The van der Waals surface area contributed by atoms with Crippen molar-refractivity contribution in [2.24, 2.45) is 5.10 Å². The summed E-state index contributed by atoms with van der Waals surface area (Å²) in [5.41, 5.74) is 4.49. The van der Waals surface area contributed by atoms with E-state index >= 15 is 0 Å². The minimum atomic E-state index is -1.32. The summed E-state index contributed by atoms with van der Waals surface area (Å²) in [4.78, 5) is 13.5. The molecule has 154 valence electrons. The molecule has 6 heteroatoms. The standard InChI is InChI=1S/C25H20BrN3O2/c1-2-15-8-10-20-19(12-15)25(24(30)27-20)29-22(18-13-17(26)9-11-23(18)31-25)14-21(28-29)16-6-4-3-5-7-16/h3-13,22H,2,14H2,1H3,(H,27,30)/t22-,25+/m1/s1. The number of hydrogen-bond acceptors (Lipinski definition) is 4. The van der Waals surface area contributed by atoms with Crippen molar-refractivity contribution >= 4 is 33.2 Å². The molecule has 0 saturated heterocycles. The molecule has 5 nitrogen and oxygen atoms in total. The van der Waals surface area contributed by atoms with Gasteiger partial charge in [-0.3, -0.25) is 4.79 Å². The van der Waals surface area contributed by atoms with Gasteiger partial charge < -0.3 is 10.1 Å². The van der Waals surface area contributed by atoms with Crippen LogP contribution in [0, 0.1) is 0 Å². The maximum atomic E-state index is 13.5. The summed E-state index contributed by atoms with van der Waals surface area (Å²) in [7, 11) is 0. The Morgan fingerprint density at radius 3 is 2.81 bits per heavy atom. The zero-order valence-electron chi connectivity index (χ0n) is 16.9. The van der Waals surface area contributed by atoms with Crippen LogP contribution in [-0.4, -0.2) is 16.6 Å². The summed E-state index contributed by atoms with van der Waals surface area (Å²) >= 11 is 3.59. The van der Waals surface area contributed by atoms with Gasteiger partial charge in [0.25, 0.3) is 5.91 Å². The molecule has 0 unspecified atom stereocenters. The largest absolute Gasteiger partial charge is 0.453 e. The fraction of sp³-hybridized carbons (Fsp3) is 0.200. The SMILES string of the molecule is CCc1ccc2c(c1)[C@]1(Oc3ccc(Br)cc3[C@H]3CC(c4ccccc4)=NN31)C(=O)N2. The summed E-state index contributed by atoms with van der Waals surface area (Å²) in [6, 6.07) is 22.1. The molecular formula is C25H20BrN3O2. The van der Waals surface area contributed by atoms with Crippen LogP contribution in [0.15, 0.2) is 76.3 Å². The fourth-order valence-corrected chi connectivity index (χ4v) is 5.16. The Morgan fingerprint density at radius 1 is 1.16 bits per heavy atom. The van der Waals surface area contributed by atoms with Crippen LogP contribution >= 0.6 is 15.9 Å². The van der Waals surface area contributed by atoms with E-state index in [-0.39, 0.29) is 11.9 Å². The number of fused-ring (bicyclic) bond motifs is 6. The Morgan fingerprint density at radius 2 is 2.00 bits per heavy atom. The zero-order valence-corrected chi connectivity index (χ0v) is 18.5. The highest BCUT2D eigenvalue weighted by atomic mass is 79.9. The Hall–Kier alpha value is -3.12. The molecule has 31 heavy (non-hydrogen) atoms. The average molecular weight is 474 g/mol. The number of anilines is 1. The number of halogens is 1. The molecule has 2 atom stereocenters. The van der Waals surface area contributed by atoms with Gasteiger partial charge in [-0.05, 0) is 47.9 Å². The molecule has 3 aromatic rings. The molecular weight excluding hydrogens is 454 g/mol. The van der Waals surface area contributed by atoms with Crippen LogP contribution in [-0.2, 0) is 16.9 Å². The van der Waals surface area contributed by atoms with Gasteiger partial charge in [-0.15, -0.1) is 0 Å². The van der Waals surface area contributed by atoms with E-state index in [2.05, 4.69) is 52.4 Å². The molecule has 0 aromatic heterocycles. The number of hydrazone groups is 1. The molecule has 0 fully saturated rings. The molecule has 1 amide bonds. The van der Waals surface area contributed by atoms with Crippen LogP contribution in [0.3, 0.4) is 0 Å². The molecule has 0 aliphatic carbocycles. The van der Waals surface area contributed by atoms with Gasteiger partial charge in [-0.2, -0.15) is 5.10 Å². The number of aryl methyl sites for hydroxylation is 1. The monoisotopic (exact) mass is 473 g/mol. The Balaban J connectivity index is 1.59. The van der Waals surface area contributed by atoms with E-state index in [9.17, 15) is 4.79 Å². The van der Waals surface area contributed by atoms with Crippen molar-refractivity contribution in [1.29, 1.82) is 0 Å². The van der Waals surface area contributed by atoms with E-state index in [1.807, 2.05) is 47.5 Å². The molecule has 0 saturated carbocycles. The van der Waals surface area contributed by atoms with Crippen molar-refractivity contribution in [2.75, 3.05) is 5.32 Å². The molecule has 1 N–H and O–H groups in total. The van der Waals surface area contributed by atoms with E-state index in [0.717, 1.165) is 50.3 Å². The molecule has 1 spiro atoms.